The fourth-order valence-electron chi connectivity index (χ4n) is 3.49. The third-order valence-corrected chi connectivity index (χ3v) is 5.30. The predicted molar refractivity (Wildman–Crippen MR) is 105 cm³/mol. The monoisotopic (exact) mass is 404 g/mol. The number of halogens is 2. The van der Waals surface area contributed by atoms with Crippen molar-refractivity contribution in [3.05, 3.63) is 57.6 Å². The number of anilines is 1. The summed E-state index contributed by atoms with van der Waals surface area (Å²) in [6.07, 6.45) is 0.319. The molecule has 2 aromatic carbocycles. The number of nitrogens with zero attached hydrogens (tertiary/aromatic N) is 2. The molecule has 1 fully saturated rings. The van der Waals surface area contributed by atoms with Crippen molar-refractivity contribution >= 4 is 40.6 Å². The lowest BCUT2D eigenvalue weighted by Crippen LogP contribution is -2.48. The summed E-state index contributed by atoms with van der Waals surface area (Å²) in [6, 6.07) is 10.8. The molecule has 0 N–H and O–H groups in total. The molecule has 0 saturated carbocycles. The molecule has 2 heterocycles. The second-order valence-electron chi connectivity index (χ2n) is 6.73. The third-order valence-electron chi connectivity index (χ3n) is 4.86. The minimum atomic E-state index is -0.0281. The van der Waals surface area contributed by atoms with E-state index < -0.39 is 0 Å². The number of carbonyl (C=O) groups is 2. The molecule has 2 aliphatic rings. The minimum absolute atomic E-state index is 0.0281. The van der Waals surface area contributed by atoms with Crippen molar-refractivity contribution < 1.29 is 14.3 Å². The summed E-state index contributed by atoms with van der Waals surface area (Å²) in [5, 5.41) is 1.20. The number of Topliss-reactive ketones (excluding diaryl/α,β-unsaturated/α-hetero) is 1. The van der Waals surface area contributed by atoms with Gasteiger partial charge in [-0.25, -0.2) is 0 Å². The Kier molecular flexibility index (Phi) is 4.98. The van der Waals surface area contributed by atoms with Gasteiger partial charge < -0.3 is 14.5 Å². The number of ether oxygens (including phenoxy) is 1. The molecule has 0 aliphatic carbocycles. The van der Waals surface area contributed by atoms with Gasteiger partial charge in [0.1, 0.15) is 12.4 Å². The smallest absolute Gasteiger partial charge is 0.253 e. The van der Waals surface area contributed by atoms with Crippen LogP contribution in [0.15, 0.2) is 36.4 Å². The first-order chi connectivity index (χ1) is 13.0. The van der Waals surface area contributed by atoms with Gasteiger partial charge in [0.2, 0.25) is 0 Å². The van der Waals surface area contributed by atoms with Gasteiger partial charge in [-0.15, -0.1) is 0 Å². The van der Waals surface area contributed by atoms with Crippen LogP contribution < -0.4 is 9.64 Å². The van der Waals surface area contributed by atoms with E-state index in [0.29, 0.717) is 54.0 Å². The Labute approximate surface area is 167 Å². The van der Waals surface area contributed by atoms with Crippen LogP contribution in [0, 0.1) is 0 Å². The Morgan fingerprint density at radius 3 is 2.37 bits per heavy atom. The van der Waals surface area contributed by atoms with Crippen LogP contribution >= 0.6 is 23.2 Å². The molecule has 1 amide bonds. The quantitative estimate of drug-likeness (QED) is 0.768. The number of amides is 1. The lowest BCUT2D eigenvalue weighted by molar-refractivity contribution is -0.121. The van der Waals surface area contributed by atoms with Crippen LogP contribution in [0.5, 0.6) is 5.75 Å². The van der Waals surface area contributed by atoms with Gasteiger partial charge >= 0.3 is 0 Å². The van der Waals surface area contributed by atoms with Crippen molar-refractivity contribution in [3.63, 3.8) is 0 Å². The number of carbonyl (C=O) groups excluding carboxylic acids is 2. The van der Waals surface area contributed by atoms with Crippen molar-refractivity contribution in [3.8, 4) is 5.75 Å². The van der Waals surface area contributed by atoms with Crippen LogP contribution in [0.4, 0.5) is 5.69 Å². The zero-order valence-electron chi connectivity index (χ0n) is 14.6. The second kappa shape index (κ2) is 7.41. The van der Waals surface area contributed by atoms with E-state index >= 15 is 0 Å². The fourth-order valence-corrected chi connectivity index (χ4v) is 4.00. The van der Waals surface area contributed by atoms with E-state index in [1.807, 2.05) is 17.0 Å². The molecule has 5 nitrogen and oxygen atoms in total. The molecule has 140 valence electrons. The van der Waals surface area contributed by atoms with Crippen molar-refractivity contribution in [2.75, 3.05) is 37.7 Å². The van der Waals surface area contributed by atoms with Crippen LogP contribution in [-0.2, 0) is 11.2 Å². The number of ketones is 1. The Morgan fingerprint density at radius 1 is 0.963 bits per heavy atom. The molecular weight excluding hydrogens is 387 g/mol. The van der Waals surface area contributed by atoms with E-state index in [9.17, 15) is 9.59 Å². The first kappa shape index (κ1) is 18.1. The minimum Gasteiger partial charge on any atom is -0.486 e. The first-order valence-corrected chi connectivity index (χ1v) is 9.53. The molecule has 1 saturated heterocycles. The highest BCUT2D eigenvalue weighted by molar-refractivity contribution is 6.35. The van der Waals surface area contributed by atoms with Gasteiger partial charge in [-0.2, -0.15) is 0 Å². The van der Waals surface area contributed by atoms with Crippen LogP contribution in [-0.4, -0.2) is 49.4 Å². The lowest BCUT2D eigenvalue weighted by atomic mass is 10.0. The van der Waals surface area contributed by atoms with E-state index in [0.717, 1.165) is 11.3 Å². The summed E-state index contributed by atoms with van der Waals surface area (Å²) >= 11 is 12.2. The second-order valence-corrected chi connectivity index (χ2v) is 7.61. The van der Waals surface area contributed by atoms with Crippen LogP contribution in [0.2, 0.25) is 10.0 Å². The molecular formula is C20H18Cl2N2O3. The molecule has 7 heteroatoms. The Balaban J connectivity index is 1.44. The Morgan fingerprint density at radius 2 is 1.67 bits per heavy atom. The molecule has 0 atom stereocenters. The topological polar surface area (TPSA) is 49.9 Å². The first-order valence-electron chi connectivity index (χ1n) is 8.77. The van der Waals surface area contributed by atoms with E-state index in [2.05, 4.69) is 4.90 Å². The summed E-state index contributed by atoms with van der Waals surface area (Å²) in [4.78, 5) is 28.4. The zero-order valence-corrected chi connectivity index (χ0v) is 16.1. The predicted octanol–water partition coefficient (Wildman–Crippen LogP) is 3.46. The molecule has 0 spiro atoms. The maximum absolute atomic E-state index is 12.9. The zero-order chi connectivity index (χ0) is 19.0. The molecule has 0 bridgehead atoms. The van der Waals surface area contributed by atoms with Crippen molar-refractivity contribution in [2.45, 2.75) is 6.42 Å². The molecule has 2 aromatic rings. The van der Waals surface area contributed by atoms with Gasteiger partial charge in [0.05, 0.1) is 0 Å². The van der Waals surface area contributed by atoms with Gasteiger partial charge in [-0.1, -0.05) is 23.2 Å². The molecule has 2 aliphatic heterocycles. The van der Waals surface area contributed by atoms with E-state index in [4.69, 9.17) is 27.9 Å². The van der Waals surface area contributed by atoms with Crippen LogP contribution in [0.25, 0.3) is 0 Å². The molecule has 27 heavy (non-hydrogen) atoms. The summed E-state index contributed by atoms with van der Waals surface area (Å²) in [5.74, 6) is 0.689. The highest BCUT2D eigenvalue weighted by atomic mass is 35.5. The lowest BCUT2D eigenvalue weighted by Gasteiger charge is -2.36. The number of fused-ring (bicyclic) bond motifs is 1. The van der Waals surface area contributed by atoms with Crippen LogP contribution in [0.1, 0.15) is 15.9 Å². The summed E-state index contributed by atoms with van der Waals surface area (Å²) in [7, 11) is 0. The van der Waals surface area contributed by atoms with Gasteiger partial charge in [-0.05, 0) is 36.4 Å². The number of hydrogen-bond donors (Lipinski definition) is 0. The average Bonchev–Trinajstić information content (AvgIpc) is 2.66. The summed E-state index contributed by atoms with van der Waals surface area (Å²) < 4.78 is 5.40. The van der Waals surface area contributed by atoms with E-state index in [1.165, 1.54) is 0 Å². The summed E-state index contributed by atoms with van der Waals surface area (Å²) in [6.45, 7) is 2.73. The maximum atomic E-state index is 12.9. The highest BCUT2D eigenvalue weighted by Gasteiger charge is 2.24. The van der Waals surface area contributed by atoms with Crippen molar-refractivity contribution in [1.82, 2.24) is 4.90 Å². The molecule has 0 radical (unpaired) electrons. The molecule has 4 rings (SSSR count). The standard InChI is InChI=1S/C20H18Cl2N2O3/c21-15-9-16(22)11-17(10-15)23-3-5-24(6-4-23)20(26)13-1-2-19-14(7-13)8-18(25)12-27-19/h1-2,7,9-11H,3-6,8,12H2. The van der Waals surface area contributed by atoms with Crippen molar-refractivity contribution in [2.24, 2.45) is 0 Å². The number of rotatable bonds is 2. The van der Waals surface area contributed by atoms with Gasteiger partial charge in [-0.3, -0.25) is 9.59 Å². The largest absolute Gasteiger partial charge is 0.486 e. The fraction of sp³-hybridized carbons (Fsp3) is 0.300. The number of benzene rings is 2. The molecule has 0 aromatic heterocycles. The van der Waals surface area contributed by atoms with Gasteiger partial charge in [0.15, 0.2) is 5.78 Å². The highest BCUT2D eigenvalue weighted by Crippen LogP contribution is 2.27. The SMILES string of the molecule is O=C1COc2ccc(C(=O)N3CCN(c4cc(Cl)cc(Cl)c4)CC3)cc2C1. The third kappa shape index (κ3) is 3.89. The Bertz CT molecular complexity index is 888. The van der Waals surface area contributed by atoms with E-state index in [1.54, 1.807) is 24.3 Å². The number of hydrogen-bond acceptors (Lipinski definition) is 4. The average molecular weight is 405 g/mol. The molecule has 0 unspecified atom stereocenters. The Hall–Kier alpha value is -2.24. The van der Waals surface area contributed by atoms with E-state index in [-0.39, 0.29) is 18.3 Å². The normalized spacial score (nSPS) is 16.7. The van der Waals surface area contributed by atoms with Gasteiger partial charge in [0.25, 0.3) is 5.91 Å². The maximum Gasteiger partial charge on any atom is 0.253 e. The summed E-state index contributed by atoms with van der Waals surface area (Å²) in [5.41, 5.74) is 2.33. The van der Waals surface area contributed by atoms with Crippen molar-refractivity contribution in [1.29, 1.82) is 0 Å². The van der Waals surface area contributed by atoms with Crippen LogP contribution in [0.3, 0.4) is 0 Å². The number of piperazine rings is 1. The van der Waals surface area contributed by atoms with Gasteiger partial charge in [0, 0.05) is 59.5 Å².